The lowest BCUT2D eigenvalue weighted by Crippen LogP contribution is -2.55. The third-order valence-corrected chi connectivity index (χ3v) is 5.03. The van der Waals surface area contributed by atoms with Gasteiger partial charge in [0.05, 0.1) is 11.2 Å². The van der Waals surface area contributed by atoms with Crippen LogP contribution in [0.15, 0.2) is 0 Å². The number of likely N-dealkylation sites (tertiary alicyclic amines) is 1. The van der Waals surface area contributed by atoms with Crippen LogP contribution in [0.3, 0.4) is 0 Å². The van der Waals surface area contributed by atoms with Crippen LogP contribution in [0.4, 0.5) is 0 Å². The molecular formula is C18H36N2O. The second-order valence-electron chi connectivity index (χ2n) is 8.62. The van der Waals surface area contributed by atoms with Crippen molar-refractivity contribution in [2.24, 2.45) is 5.92 Å². The van der Waals surface area contributed by atoms with Gasteiger partial charge in [0.1, 0.15) is 0 Å². The molecule has 0 aromatic rings. The van der Waals surface area contributed by atoms with Crippen molar-refractivity contribution in [1.82, 2.24) is 10.2 Å². The van der Waals surface area contributed by atoms with Gasteiger partial charge < -0.3 is 10.1 Å². The summed E-state index contributed by atoms with van der Waals surface area (Å²) in [6.45, 7) is 17.1. The number of piperidine rings is 1. The Morgan fingerprint density at radius 3 is 2.48 bits per heavy atom. The van der Waals surface area contributed by atoms with Crippen LogP contribution < -0.4 is 5.32 Å². The van der Waals surface area contributed by atoms with E-state index in [-0.39, 0.29) is 11.2 Å². The minimum absolute atomic E-state index is 0.0154. The first kappa shape index (κ1) is 17.2. The molecule has 0 spiro atoms. The van der Waals surface area contributed by atoms with Gasteiger partial charge in [-0.3, -0.25) is 4.90 Å². The monoisotopic (exact) mass is 296 g/mol. The summed E-state index contributed by atoms with van der Waals surface area (Å²) in [5.41, 5.74) is -0.0152. The first-order chi connectivity index (χ1) is 9.71. The zero-order valence-corrected chi connectivity index (χ0v) is 15.0. The predicted octanol–water partition coefficient (Wildman–Crippen LogP) is 3.43. The van der Waals surface area contributed by atoms with Crippen LogP contribution in [-0.2, 0) is 4.74 Å². The standard InChI is InChI=1S/C18H36N2O/c1-14(2)12-19-13-15-9-7-8-10-20(15)16-11-17(3,4)21-18(16,5)6/h14-16,19H,7-13H2,1-6H3. The maximum Gasteiger partial charge on any atom is 0.0789 e. The molecule has 0 bridgehead atoms. The molecule has 2 aliphatic rings. The van der Waals surface area contributed by atoms with E-state index in [0.717, 1.165) is 25.4 Å². The van der Waals surface area contributed by atoms with E-state index in [2.05, 4.69) is 51.8 Å². The molecule has 2 atom stereocenters. The second-order valence-corrected chi connectivity index (χ2v) is 8.62. The molecule has 0 amide bonds. The van der Waals surface area contributed by atoms with Gasteiger partial charge in [0.2, 0.25) is 0 Å². The Kier molecular flexibility index (Phi) is 5.38. The van der Waals surface area contributed by atoms with Crippen molar-refractivity contribution in [2.45, 2.75) is 90.5 Å². The third kappa shape index (κ3) is 4.43. The molecule has 0 aromatic carbocycles. The van der Waals surface area contributed by atoms with Crippen molar-refractivity contribution in [3.63, 3.8) is 0 Å². The van der Waals surface area contributed by atoms with Gasteiger partial charge in [0, 0.05) is 18.6 Å². The van der Waals surface area contributed by atoms with Crippen molar-refractivity contribution in [3.05, 3.63) is 0 Å². The molecule has 3 nitrogen and oxygen atoms in total. The average Bonchev–Trinajstić information content (AvgIpc) is 2.57. The molecule has 2 saturated heterocycles. The summed E-state index contributed by atoms with van der Waals surface area (Å²) >= 11 is 0. The van der Waals surface area contributed by atoms with Crippen molar-refractivity contribution in [3.8, 4) is 0 Å². The highest BCUT2D eigenvalue weighted by Gasteiger charge is 2.49. The van der Waals surface area contributed by atoms with Crippen LogP contribution in [0.5, 0.6) is 0 Å². The molecule has 0 radical (unpaired) electrons. The van der Waals surface area contributed by atoms with E-state index in [0.29, 0.717) is 12.1 Å². The van der Waals surface area contributed by atoms with E-state index < -0.39 is 0 Å². The normalized spacial score (nSPS) is 32.7. The molecule has 0 saturated carbocycles. The lowest BCUT2D eigenvalue weighted by atomic mass is 9.89. The lowest BCUT2D eigenvalue weighted by Gasteiger charge is -2.44. The van der Waals surface area contributed by atoms with Crippen molar-refractivity contribution >= 4 is 0 Å². The SMILES string of the molecule is CC(C)CNCC1CCCCN1C1CC(C)(C)OC1(C)C. The van der Waals surface area contributed by atoms with Gasteiger partial charge in [-0.25, -0.2) is 0 Å². The Balaban J connectivity index is 2.01. The first-order valence-corrected chi connectivity index (χ1v) is 8.88. The molecule has 2 unspecified atom stereocenters. The van der Waals surface area contributed by atoms with Crippen molar-refractivity contribution in [1.29, 1.82) is 0 Å². The minimum Gasteiger partial charge on any atom is -0.368 e. The zero-order chi connectivity index (χ0) is 15.7. The Morgan fingerprint density at radius 2 is 1.90 bits per heavy atom. The van der Waals surface area contributed by atoms with Crippen LogP contribution in [-0.4, -0.2) is 47.8 Å². The number of hydrogen-bond acceptors (Lipinski definition) is 3. The fourth-order valence-electron chi connectivity index (χ4n) is 4.24. The molecule has 2 heterocycles. The summed E-state index contributed by atoms with van der Waals surface area (Å²) in [5.74, 6) is 0.729. The van der Waals surface area contributed by atoms with Crippen LogP contribution in [0, 0.1) is 5.92 Å². The van der Waals surface area contributed by atoms with Gasteiger partial charge in [-0.15, -0.1) is 0 Å². The maximum atomic E-state index is 6.33. The summed E-state index contributed by atoms with van der Waals surface area (Å²) in [6.07, 6.45) is 5.20. The van der Waals surface area contributed by atoms with Gasteiger partial charge in [0.25, 0.3) is 0 Å². The summed E-state index contributed by atoms with van der Waals surface area (Å²) in [7, 11) is 0. The lowest BCUT2D eigenvalue weighted by molar-refractivity contribution is -0.0865. The topological polar surface area (TPSA) is 24.5 Å². The number of ether oxygens (including phenoxy) is 1. The van der Waals surface area contributed by atoms with Gasteiger partial charge in [-0.05, 0) is 66.0 Å². The zero-order valence-electron chi connectivity index (χ0n) is 15.0. The summed E-state index contributed by atoms with van der Waals surface area (Å²) in [5, 5.41) is 3.67. The Bertz CT molecular complexity index is 338. The molecule has 2 rings (SSSR count). The largest absolute Gasteiger partial charge is 0.368 e. The van der Waals surface area contributed by atoms with Crippen LogP contribution >= 0.6 is 0 Å². The van der Waals surface area contributed by atoms with E-state index in [1.807, 2.05) is 0 Å². The number of nitrogens with zero attached hydrogens (tertiary/aromatic N) is 1. The van der Waals surface area contributed by atoms with Gasteiger partial charge in [-0.2, -0.15) is 0 Å². The van der Waals surface area contributed by atoms with Gasteiger partial charge in [-0.1, -0.05) is 20.3 Å². The second kappa shape index (κ2) is 6.55. The number of rotatable bonds is 5. The number of hydrogen-bond donors (Lipinski definition) is 1. The fraction of sp³-hybridized carbons (Fsp3) is 1.00. The third-order valence-electron chi connectivity index (χ3n) is 5.03. The van der Waals surface area contributed by atoms with Gasteiger partial charge >= 0.3 is 0 Å². The summed E-state index contributed by atoms with van der Waals surface area (Å²) < 4.78 is 6.33. The number of nitrogens with one attached hydrogen (secondary N) is 1. The van der Waals surface area contributed by atoms with E-state index in [9.17, 15) is 0 Å². The van der Waals surface area contributed by atoms with Crippen molar-refractivity contribution < 1.29 is 4.74 Å². The average molecular weight is 296 g/mol. The molecule has 124 valence electrons. The van der Waals surface area contributed by atoms with E-state index in [1.54, 1.807) is 0 Å². The Morgan fingerprint density at radius 1 is 1.19 bits per heavy atom. The maximum absolute atomic E-state index is 6.33. The molecule has 0 aromatic heterocycles. The quantitative estimate of drug-likeness (QED) is 0.841. The smallest absolute Gasteiger partial charge is 0.0789 e. The molecule has 0 aliphatic carbocycles. The molecular weight excluding hydrogens is 260 g/mol. The predicted molar refractivity (Wildman–Crippen MR) is 89.7 cm³/mol. The van der Waals surface area contributed by atoms with Crippen LogP contribution in [0.25, 0.3) is 0 Å². The van der Waals surface area contributed by atoms with E-state index in [4.69, 9.17) is 4.74 Å². The molecule has 1 N–H and O–H groups in total. The molecule has 2 aliphatic heterocycles. The first-order valence-electron chi connectivity index (χ1n) is 8.88. The Labute approximate surface area is 131 Å². The summed E-state index contributed by atoms with van der Waals surface area (Å²) in [4.78, 5) is 2.76. The van der Waals surface area contributed by atoms with Crippen molar-refractivity contribution in [2.75, 3.05) is 19.6 Å². The van der Waals surface area contributed by atoms with Crippen LogP contribution in [0.1, 0.15) is 67.2 Å². The fourth-order valence-corrected chi connectivity index (χ4v) is 4.24. The van der Waals surface area contributed by atoms with E-state index >= 15 is 0 Å². The highest BCUT2D eigenvalue weighted by Crippen LogP contribution is 2.41. The van der Waals surface area contributed by atoms with E-state index in [1.165, 1.54) is 25.8 Å². The Hall–Kier alpha value is -0.120. The van der Waals surface area contributed by atoms with Gasteiger partial charge in [0.15, 0.2) is 0 Å². The highest BCUT2D eigenvalue weighted by atomic mass is 16.5. The van der Waals surface area contributed by atoms with Crippen LogP contribution in [0.2, 0.25) is 0 Å². The molecule has 21 heavy (non-hydrogen) atoms. The highest BCUT2D eigenvalue weighted by molar-refractivity contribution is 5.02. The summed E-state index contributed by atoms with van der Waals surface area (Å²) in [6, 6.07) is 1.23. The molecule has 3 heteroatoms. The molecule has 2 fully saturated rings. The minimum atomic E-state index is -0.0306.